The van der Waals surface area contributed by atoms with Crippen LogP contribution in [0.3, 0.4) is 0 Å². The van der Waals surface area contributed by atoms with Gasteiger partial charge in [-0.05, 0) is 12.3 Å². The van der Waals surface area contributed by atoms with Gasteiger partial charge in [0.15, 0.2) is 0 Å². The zero-order valence-corrected chi connectivity index (χ0v) is 13.1. The molecule has 5 nitrogen and oxygen atoms in total. The number of carbonyl (C=O) groups excluding carboxylic acids is 2. The molecule has 2 amide bonds. The minimum Gasteiger partial charge on any atom is -0.339 e. The number of hydrogen-bond acceptors (Lipinski definition) is 3. The number of hydrogen-bond donors (Lipinski definition) is 1. The Kier molecular flexibility index (Phi) is 6.99. The molecule has 0 saturated carbocycles. The molecule has 116 valence electrons. The number of unbranched alkanes of at least 4 members (excludes halogenated alkanes) is 1. The van der Waals surface area contributed by atoms with Crippen LogP contribution in [0.2, 0.25) is 0 Å². The predicted octanol–water partition coefficient (Wildman–Crippen LogP) is 1.22. The monoisotopic (exact) mass is 283 g/mol. The first-order chi connectivity index (χ1) is 9.45. The van der Waals surface area contributed by atoms with Crippen molar-refractivity contribution in [2.45, 2.75) is 52.5 Å². The van der Waals surface area contributed by atoms with Crippen LogP contribution in [0.1, 0.15) is 46.5 Å². The summed E-state index contributed by atoms with van der Waals surface area (Å²) >= 11 is 0. The molecule has 0 bridgehead atoms. The van der Waals surface area contributed by atoms with E-state index in [-0.39, 0.29) is 17.9 Å². The number of nitrogens with zero attached hydrogens (tertiary/aromatic N) is 2. The summed E-state index contributed by atoms with van der Waals surface area (Å²) in [7, 11) is 0. The van der Waals surface area contributed by atoms with Gasteiger partial charge in [-0.1, -0.05) is 33.6 Å². The van der Waals surface area contributed by atoms with E-state index in [4.69, 9.17) is 5.73 Å². The normalized spacial score (nSPS) is 17.4. The Hall–Kier alpha value is -1.10. The van der Waals surface area contributed by atoms with Crippen LogP contribution in [0.5, 0.6) is 0 Å². The lowest BCUT2D eigenvalue weighted by atomic mass is 10.1. The van der Waals surface area contributed by atoms with Gasteiger partial charge in [0.25, 0.3) is 0 Å². The lowest BCUT2D eigenvalue weighted by Crippen LogP contribution is -2.54. The first kappa shape index (κ1) is 17.0. The van der Waals surface area contributed by atoms with Crippen molar-refractivity contribution in [3.63, 3.8) is 0 Å². The SMILES string of the molecule is CCCCC(N)C(=O)N1CCN(C(=O)CC(C)C)CC1. The van der Waals surface area contributed by atoms with Crippen molar-refractivity contribution in [3.8, 4) is 0 Å². The van der Waals surface area contributed by atoms with Crippen molar-refractivity contribution in [2.75, 3.05) is 26.2 Å². The minimum absolute atomic E-state index is 0.0365. The minimum atomic E-state index is -0.382. The van der Waals surface area contributed by atoms with E-state index in [0.29, 0.717) is 38.5 Å². The predicted molar refractivity (Wildman–Crippen MR) is 80.1 cm³/mol. The molecule has 0 aliphatic carbocycles. The zero-order chi connectivity index (χ0) is 15.1. The molecule has 1 heterocycles. The molecular formula is C15H29N3O2. The second kappa shape index (κ2) is 8.25. The first-order valence-corrected chi connectivity index (χ1v) is 7.77. The molecule has 1 aliphatic heterocycles. The Morgan fingerprint density at radius 1 is 1.10 bits per heavy atom. The fourth-order valence-corrected chi connectivity index (χ4v) is 2.44. The summed E-state index contributed by atoms with van der Waals surface area (Å²) in [6.07, 6.45) is 3.38. The van der Waals surface area contributed by atoms with Crippen molar-refractivity contribution in [1.82, 2.24) is 9.80 Å². The molecule has 5 heteroatoms. The third-order valence-corrected chi connectivity index (χ3v) is 3.71. The summed E-state index contributed by atoms with van der Waals surface area (Å²) in [6, 6.07) is -0.382. The van der Waals surface area contributed by atoms with Crippen LogP contribution in [-0.2, 0) is 9.59 Å². The second-order valence-corrected chi connectivity index (χ2v) is 6.05. The fraction of sp³-hybridized carbons (Fsp3) is 0.867. The van der Waals surface area contributed by atoms with Crippen LogP contribution in [0.4, 0.5) is 0 Å². The van der Waals surface area contributed by atoms with Crippen molar-refractivity contribution < 1.29 is 9.59 Å². The van der Waals surface area contributed by atoms with Gasteiger partial charge in [0.1, 0.15) is 0 Å². The molecule has 1 unspecified atom stereocenters. The summed E-state index contributed by atoms with van der Waals surface area (Å²) in [5.41, 5.74) is 5.92. The van der Waals surface area contributed by atoms with Crippen LogP contribution in [0.25, 0.3) is 0 Å². The van der Waals surface area contributed by atoms with Gasteiger partial charge in [-0.25, -0.2) is 0 Å². The maximum atomic E-state index is 12.2. The number of carbonyl (C=O) groups is 2. The summed E-state index contributed by atoms with van der Waals surface area (Å²) in [6.45, 7) is 8.69. The van der Waals surface area contributed by atoms with Crippen molar-refractivity contribution in [3.05, 3.63) is 0 Å². The lowest BCUT2D eigenvalue weighted by molar-refractivity contribution is -0.140. The third-order valence-electron chi connectivity index (χ3n) is 3.71. The maximum Gasteiger partial charge on any atom is 0.239 e. The topological polar surface area (TPSA) is 66.6 Å². The van der Waals surface area contributed by atoms with Gasteiger partial charge >= 0.3 is 0 Å². The summed E-state index contributed by atoms with van der Waals surface area (Å²) in [4.78, 5) is 27.8. The summed E-state index contributed by atoms with van der Waals surface area (Å²) < 4.78 is 0. The van der Waals surface area contributed by atoms with Gasteiger partial charge in [0.05, 0.1) is 6.04 Å². The van der Waals surface area contributed by atoms with E-state index >= 15 is 0 Å². The average Bonchev–Trinajstić information content (AvgIpc) is 2.43. The standard InChI is InChI=1S/C15H29N3O2/c1-4-5-6-13(16)15(20)18-9-7-17(8-10-18)14(19)11-12(2)3/h12-13H,4-11,16H2,1-3H3. The van der Waals surface area contributed by atoms with E-state index in [1.807, 2.05) is 18.7 Å². The van der Waals surface area contributed by atoms with E-state index in [1.54, 1.807) is 4.90 Å². The average molecular weight is 283 g/mol. The van der Waals surface area contributed by atoms with Crippen LogP contribution >= 0.6 is 0 Å². The Morgan fingerprint density at radius 2 is 1.65 bits per heavy atom. The second-order valence-electron chi connectivity index (χ2n) is 6.05. The first-order valence-electron chi connectivity index (χ1n) is 7.77. The highest BCUT2D eigenvalue weighted by molar-refractivity contribution is 5.82. The van der Waals surface area contributed by atoms with Gasteiger partial charge < -0.3 is 15.5 Å². The van der Waals surface area contributed by atoms with E-state index in [0.717, 1.165) is 19.3 Å². The van der Waals surface area contributed by atoms with E-state index in [2.05, 4.69) is 6.92 Å². The van der Waals surface area contributed by atoms with Gasteiger partial charge in [-0.3, -0.25) is 9.59 Å². The number of piperazine rings is 1. The van der Waals surface area contributed by atoms with Crippen LogP contribution < -0.4 is 5.73 Å². The van der Waals surface area contributed by atoms with Crippen molar-refractivity contribution in [1.29, 1.82) is 0 Å². The third kappa shape index (κ3) is 5.12. The highest BCUT2D eigenvalue weighted by Gasteiger charge is 2.26. The molecule has 1 fully saturated rings. The van der Waals surface area contributed by atoms with Gasteiger partial charge in [0, 0.05) is 32.6 Å². The molecule has 0 radical (unpaired) electrons. The molecule has 1 atom stereocenters. The summed E-state index contributed by atoms with van der Waals surface area (Å²) in [5, 5.41) is 0. The fourth-order valence-electron chi connectivity index (χ4n) is 2.44. The molecule has 2 N–H and O–H groups in total. The summed E-state index contributed by atoms with van der Waals surface area (Å²) in [5.74, 6) is 0.612. The van der Waals surface area contributed by atoms with E-state index < -0.39 is 0 Å². The highest BCUT2D eigenvalue weighted by atomic mass is 16.2. The molecule has 0 spiro atoms. The van der Waals surface area contributed by atoms with Crippen molar-refractivity contribution in [2.24, 2.45) is 11.7 Å². The molecule has 20 heavy (non-hydrogen) atoms. The molecule has 0 aromatic carbocycles. The largest absolute Gasteiger partial charge is 0.339 e. The molecular weight excluding hydrogens is 254 g/mol. The lowest BCUT2D eigenvalue weighted by Gasteiger charge is -2.36. The van der Waals surface area contributed by atoms with Gasteiger partial charge in [-0.15, -0.1) is 0 Å². The molecule has 1 aliphatic rings. The Morgan fingerprint density at radius 3 is 2.15 bits per heavy atom. The van der Waals surface area contributed by atoms with Crippen molar-refractivity contribution >= 4 is 11.8 Å². The number of nitrogens with two attached hydrogens (primary N) is 1. The van der Waals surface area contributed by atoms with Gasteiger partial charge in [0.2, 0.25) is 11.8 Å². The zero-order valence-electron chi connectivity index (χ0n) is 13.1. The van der Waals surface area contributed by atoms with E-state index in [9.17, 15) is 9.59 Å². The highest BCUT2D eigenvalue weighted by Crippen LogP contribution is 2.10. The Labute approximate surface area is 122 Å². The van der Waals surface area contributed by atoms with Gasteiger partial charge in [-0.2, -0.15) is 0 Å². The number of rotatable bonds is 6. The maximum absolute atomic E-state index is 12.2. The van der Waals surface area contributed by atoms with Crippen LogP contribution in [-0.4, -0.2) is 53.8 Å². The molecule has 0 aromatic rings. The Balaban J connectivity index is 2.38. The quantitative estimate of drug-likeness (QED) is 0.797. The van der Waals surface area contributed by atoms with E-state index in [1.165, 1.54) is 0 Å². The molecule has 0 aromatic heterocycles. The molecule has 1 saturated heterocycles. The number of amides is 2. The smallest absolute Gasteiger partial charge is 0.239 e. The Bertz CT molecular complexity index is 323. The van der Waals surface area contributed by atoms with Crippen LogP contribution in [0.15, 0.2) is 0 Å². The molecule has 1 rings (SSSR count). The van der Waals surface area contributed by atoms with Crippen LogP contribution in [0, 0.1) is 5.92 Å².